The molecule has 0 radical (unpaired) electrons. The normalized spacial score (nSPS) is 17.5. The topological polar surface area (TPSA) is 88.1 Å². The Kier molecular flexibility index (Phi) is 7.59. The van der Waals surface area contributed by atoms with Crippen LogP contribution in [0.25, 0.3) is 0 Å². The fourth-order valence-corrected chi connectivity index (χ4v) is 4.59. The first-order valence-corrected chi connectivity index (χ1v) is 10.9. The van der Waals surface area contributed by atoms with Crippen molar-refractivity contribution in [3.05, 3.63) is 58.1 Å². The number of ether oxygens (including phenoxy) is 1. The molecule has 1 aliphatic heterocycles. The second-order valence-electron chi connectivity index (χ2n) is 6.53. The van der Waals surface area contributed by atoms with E-state index in [9.17, 15) is 14.4 Å². The Balaban J connectivity index is 1.81. The molecule has 2 amide bonds. The number of hydrogen-bond acceptors (Lipinski definition) is 6. The van der Waals surface area contributed by atoms with Crippen molar-refractivity contribution in [1.29, 1.82) is 0 Å². The lowest BCUT2D eigenvalue weighted by Crippen LogP contribution is -2.45. The number of anilines is 1. The van der Waals surface area contributed by atoms with Crippen LogP contribution < -0.4 is 5.32 Å². The minimum Gasteiger partial charge on any atom is -0.465 e. The van der Waals surface area contributed by atoms with Crippen LogP contribution >= 0.6 is 35.0 Å². The van der Waals surface area contributed by atoms with E-state index in [2.05, 4.69) is 15.0 Å². The minimum atomic E-state index is -0.666. The van der Waals surface area contributed by atoms with Gasteiger partial charge in [-0.05, 0) is 49.4 Å². The van der Waals surface area contributed by atoms with Crippen molar-refractivity contribution < 1.29 is 19.1 Å². The van der Waals surface area contributed by atoms with Crippen molar-refractivity contribution in [3.8, 4) is 0 Å². The van der Waals surface area contributed by atoms with Gasteiger partial charge in [-0.15, -0.1) is 0 Å². The number of carbonyl (C=O) groups is 3. The number of amidine groups is 1. The molecule has 0 saturated carbocycles. The molecule has 1 saturated heterocycles. The van der Waals surface area contributed by atoms with Crippen LogP contribution in [0.15, 0.2) is 47.5 Å². The van der Waals surface area contributed by atoms with Crippen LogP contribution in [0.5, 0.6) is 0 Å². The zero-order chi connectivity index (χ0) is 22.5. The van der Waals surface area contributed by atoms with Gasteiger partial charge < -0.3 is 10.1 Å². The fourth-order valence-electron chi connectivity index (χ4n) is 2.90. The molecule has 1 unspecified atom stereocenters. The highest BCUT2D eigenvalue weighted by Crippen LogP contribution is 2.30. The molecule has 1 N–H and O–H groups in total. The SMILES string of the molecule is CCN1C(=O)CC(C(=O)Nc2cc(Cl)cc(Cl)c2)SC1=Nc1ccc(C(=O)OC)cc1. The van der Waals surface area contributed by atoms with Crippen LogP contribution in [0.2, 0.25) is 10.0 Å². The molecular formula is C21H19Cl2N3O4S. The first-order valence-electron chi connectivity index (χ1n) is 9.31. The van der Waals surface area contributed by atoms with Gasteiger partial charge >= 0.3 is 5.97 Å². The molecule has 31 heavy (non-hydrogen) atoms. The molecule has 0 aromatic heterocycles. The van der Waals surface area contributed by atoms with E-state index in [1.54, 1.807) is 42.5 Å². The van der Waals surface area contributed by atoms with Gasteiger partial charge in [-0.2, -0.15) is 0 Å². The summed E-state index contributed by atoms with van der Waals surface area (Å²) in [5, 5.41) is 3.28. The van der Waals surface area contributed by atoms with E-state index in [4.69, 9.17) is 23.2 Å². The van der Waals surface area contributed by atoms with E-state index < -0.39 is 11.2 Å². The third-order valence-corrected chi connectivity index (χ3v) is 6.02. The predicted octanol–water partition coefficient (Wildman–Crippen LogP) is 4.76. The van der Waals surface area contributed by atoms with Crippen LogP contribution in [-0.2, 0) is 14.3 Å². The van der Waals surface area contributed by atoms with Gasteiger partial charge in [-0.1, -0.05) is 35.0 Å². The molecule has 0 spiro atoms. The maximum atomic E-state index is 12.8. The number of carbonyl (C=O) groups excluding carboxylic acids is 3. The Labute approximate surface area is 193 Å². The minimum absolute atomic E-state index is 0.0406. The van der Waals surface area contributed by atoms with Crippen molar-refractivity contribution in [2.75, 3.05) is 19.0 Å². The second kappa shape index (κ2) is 10.2. The number of methoxy groups -OCH3 is 1. The summed E-state index contributed by atoms with van der Waals surface area (Å²) in [6, 6.07) is 11.2. The largest absolute Gasteiger partial charge is 0.465 e. The van der Waals surface area contributed by atoms with Gasteiger partial charge in [0.1, 0.15) is 5.25 Å². The van der Waals surface area contributed by atoms with E-state index >= 15 is 0 Å². The monoisotopic (exact) mass is 479 g/mol. The summed E-state index contributed by atoms with van der Waals surface area (Å²) in [4.78, 5) is 43.1. The quantitative estimate of drug-likeness (QED) is 0.624. The number of aliphatic imine (C=N–C) groups is 1. The summed E-state index contributed by atoms with van der Waals surface area (Å²) in [6.07, 6.45) is 0.0406. The standard InChI is InChI=1S/C21H19Cl2N3O4S/c1-3-26-18(27)11-17(19(28)24-16-9-13(22)8-14(23)10-16)31-21(26)25-15-6-4-12(5-7-15)20(29)30-2/h4-10,17H,3,11H2,1-2H3,(H,24,28). The highest BCUT2D eigenvalue weighted by Gasteiger charge is 2.35. The molecule has 1 aliphatic rings. The molecule has 162 valence electrons. The van der Waals surface area contributed by atoms with E-state index in [-0.39, 0.29) is 18.2 Å². The summed E-state index contributed by atoms with van der Waals surface area (Å²) in [5.74, 6) is -0.994. The Morgan fingerprint density at radius 2 is 1.84 bits per heavy atom. The molecule has 0 bridgehead atoms. The van der Waals surface area contributed by atoms with Gasteiger partial charge in [0.15, 0.2) is 5.17 Å². The molecule has 0 aliphatic carbocycles. The van der Waals surface area contributed by atoms with Crippen LogP contribution in [0, 0.1) is 0 Å². The Morgan fingerprint density at radius 1 is 1.19 bits per heavy atom. The number of hydrogen-bond donors (Lipinski definition) is 1. The van der Waals surface area contributed by atoms with Crippen molar-refractivity contribution in [3.63, 3.8) is 0 Å². The number of nitrogens with zero attached hydrogens (tertiary/aromatic N) is 2. The highest BCUT2D eigenvalue weighted by molar-refractivity contribution is 8.15. The summed E-state index contributed by atoms with van der Waals surface area (Å²) in [5.41, 5.74) is 1.39. The lowest BCUT2D eigenvalue weighted by molar-refractivity contribution is -0.129. The van der Waals surface area contributed by atoms with Gasteiger partial charge in [-0.25, -0.2) is 9.79 Å². The number of amides is 2. The fraction of sp³-hybridized carbons (Fsp3) is 0.238. The molecule has 3 rings (SSSR count). The van der Waals surface area contributed by atoms with Crippen molar-refractivity contribution in [2.45, 2.75) is 18.6 Å². The predicted molar refractivity (Wildman–Crippen MR) is 123 cm³/mol. The van der Waals surface area contributed by atoms with Crippen LogP contribution in [-0.4, -0.2) is 46.8 Å². The van der Waals surface area contributed by atoms with Gasteiger partial charge in [-0.3, -0.25) is 14.5 Å². The average molecular weight is 480 g/mol. The number of nitrogens with one attached hydrogen (secondary N) is 1. The Hall–Kier alpha value is -2.55. The molecule has 1 heterocycles. The summed E-state index contributed by atoms with van der Waals surface area (Å²) < 4.78 is 4.69. The van der Waals surface area contributed by atoms with Gasteiger partial charge in [0, 0.05) is 28.7 Å². The lowest BCUT2D eigenvalue weighted by Gasteiger charge is -2.30. The van der Waals surface area contributed by atoms with Gasteiger partial charge in [0.25, 0.3) is 0 Å². The first kappa shape index (κ1) is 23.1. The highest BCUT2D eigenvalue weighted by atomic mass is 35.5. The molecule has 2 aromatic rings. The van der Waals surface area contributed by atoms with Crippen molar-refractivity contribution in [1.82, 2.24) is 4.90 Å². The third-order valence-electron chi connectivity index (χ3n) is 4.39. The number of thioether (sulfide) groups is 1. The third kappa shape index (κ3) is 5.78. The van der Waals surface area contributed by atoms with Crippen LogP contribution in [0.1, 0.15) is 23.7 Å². The van der Waals surface area contributed by atoms with E-state index in [0.29, 0.717) is 38.7 Å². The number of rotatable bonds is 5. The van der Waals surface area contributed by atoms with Gasteiger partial charge in [0.2, 0.25) is 11.8 Å². The van der Waals surface area contributed by atoms with Crippen molar-refractivity contribution in [2.24, 2.45) is 4.99 Å². The van der Waals surface area contributed by atoms with Crippen molar-refractivity contribution >= 4 is 69.3 Å². The first-order chi connectivity index (χ1) is 14.8. The zero-order valence-corrected chi connectivity index (χ0v) is 19.1. The molecule has 1 fully saturated rings. The Morgan fingerprint density at radius 3 is 2.42 bits per heavy atom. The smallest absolute Gasteiger partial charge is 0.337 e. The molecule has 2 aromatic carbocycles. The zero-order valence-electron chi connectivity index (χ0n) is 16.7. The van der Waals surface area contributed by atoms with Crippen LogP contribution in [0.3, 0.4) is 0 Å². The summed E-state index contributed by atoms with van der Waals surface area (Å²) in [6.45, 7) is 2.26. The number of esters is 1. The lowest BCUT2D eigenvalue weighted by atomic mass is 10.2. The van der Waals surface area contributed by atoms with E-state index in [1.165, 1.54) is 23.8 Å². The average Bonchev–Trinajstić information content (AvgIpc) is 2.72. The molecular weight excluding hydrogens is 461 g/mol. The van der Waals surface area contributed by atoms with Crippen LogP contribution in [0.4, 0.5) is 11.4 Å². The molecule has 10 heteroatoms. The van der Waals surface area contributed by atoms with E-state index in [0.717, 1.165) is 0 Å². The number of benzene rings is 2. The second-order valence-corrected chi connectivity index (χ2v) is 8.57. The molecule has 1 atom stereocenters. The maximum absolute atomic E-state index is 12.8. The number of halogens is 2. The molecule has 7 nitrogen and oxygen atoms in total. The Bertz CT molecular complexity index is 1020. The van der Waals surface area contributed by atoms with Gasteiger partial charge in [0.05, 0.1) is 18.4 Å². The van der Waals surface area contributed by atoms with E-state index in [1.807, 2.05) is 6.92 Å². The maximum Gasteiger partial charge on any atom is 0.337 e. The summed E-state index contributed by atoms with van der Waals surface area (Å²) in [7, 11) is 1.31. The summed E-state index contributed by atoms with van der Waals surface area (Å²) >= 11 is 13.2.